The average molecular weight is 495 g/mol. The summed E-state index contributed by atoms with van der Waals surface area (Å²) in [5.41, 5.74) is 5.64. The zero-order valence-corrected chi connectivity index (χ0v) is 20.6. The van der Waals surface area contributed by atoms with Crippen molar-refractivity contribution in [2.45, 2.75) is 57.5 Å². The minimum atomic E-state index is -4.32. The predicted molar refractivity (Wildman–Crippen MR) is 139 cm³/mol. The van der Waals surface area contributed by atoms with E-state index in [2.05, 4.69) is 29.7 Å². The van der Waals surface area contributed by atoms with Crippen molar-refractivity contribution in [3.05, 3.63) is 89.0 Å². The van der Waals surface area contributed by atoms with E-state index >= 15 is 0 Å². The summed E-state index contributed by atoms with van der Waals surface area (Å²) >= 11 is 0. The molecular weight excluding hydrogens is 461 g/mol. The van der Waals surface area contributed by atoms with Gasteiger partial charge < -0.3 is 10.6 Å². The number of hydrogen-bond donors (Lipinski definition) is 2. The highest BCUT2D eigenvalue weighted by Gasteiger charge is 2.30. The van der Waals surface area contributed by atoms with E-state index in [9.17, 15) is 18.0 Å². The highest BCUT2D eigenvalue weighted by Crippen LogP contribution is 2.32. The number of hydrogen-bond acceptors (Lipinski definition) is 2. The fourth-order valence-electron chi connectivity index (χ4n) is 4.84. The average Bonchev–Trinajstić information content (AvgIpc) is 2.88. The van der Waals surface area contributed by atoms with Gasteiger partial charge in [0, 0.05) is 12.1 Å². The first-order valence-electron chi connectivity index (χ1n) is 12.7. The Balaban J connectivity index is 1.22. The molecule has 0 bridgehead atoms. The molecule has 3 aromatic rings. The van der Waals surface area contributed by atoms with Crippen LogP contribution in [0.5, 0.6) is 0 Å². The molecule has 1 heterocycles. The fraction of sp³-hybridized carbons (Fsp3) is 0.367. The standard InChI is InChI=1S/C30H33F3N2O/c1-21-6-15-27(20-28(21)25-16-18-34-19-17-25)35-29(36)5-3-2-4-22-7-9-23(10-8-22)24-11-13-26(14-12-24)30(31,32)33/h6-15,20,25,34H,2-5,16-19H2,1H3,(H,35,36). The van der Waals surface area contributed by atoms with Crippen molar-refractivity contribution in [1.82, 2.24) is 5.32 Å². The summed E-state index contributed by atoms with van der Waals surface area (Å²) in [6, 6.07) is 19.3. The second-order valence-electron chi connectivity index (χ2n) is 9.62. The van der Waals surface area contributed by atoms with Gasteiger partial charge in [-0.15, -0.1) is 0 Å². The molecule has 0 atom stereocenters. The van der Waals surface area contributed by atoms with Gasteiger partial charge in [-0.2, -0.15) is 13.2 Å². The number of nitrogens with one attached hydrogen (secondary N) is 2. The number of rotatable bonds is 8. The molecule has 1 aliphatic heterocycles. The van der Waals surface area contributed by atoms with Crippen molar-refractivity contribution in [3.63, 3.8) is 0 Å². The molecule has 0 unspecified atom stereocenters. The van der Waals surface area contributed by atoms with Crippen LogP contribution in [-0.4, -0.2) is 19.0 Å². The van der Waals surface area contributed by atoms with E-state index < -0.39 is 11.7 Å². The largest absolute Gasteiger partial charge is 0.416 e. The van der Waals surface area contributed by atoms with Gasteiger partial charge in [0.1, 0.15) is 0 Å². The lowest BCUT2D eigenvalue weighted by molar-refractivity contribution is -0.137. The smallest absolute Gasteiger partial charge is 0.326 e. The maximum atomic E-state index is 12.8. The van der Waals surface area contributed by atoms with Gasteiger partial charge in [0.05, 0.1) is 5.56 Å². The Morgan fingerprint density at radius 2 is 1.56 bits per heavy atom. The van der Waals surface area contributed by atoms with Crippen LogP contribution < -0.4 is 10.6 Å². The van der Waals surface area contributed by atoms with Crippen molar-refractivity contribution in [2.24, 2.45) is 0 Å². The first-order valence-corrected chi connectivity index (χ1v) is 12.7. The summed E-state index contributed by atoms with van der Waals surface area (Å²) in [6.07, 6.45) is 0.939. The molecule has 0 spiro atoms. The highest BCUT2D eigenvalue weighted by molar-refractivity contribution is 5.90. The first kappa shape index (κ1) is 26.0. The number of aryl methyl sites for hydroxylation is 2. The van der Waals surface area contributed by atoms with E-state index in [1.807, 2.05) is 30.3 Å². The Bertz CT molecular complexity index is 1150. The first-order chi connectivity index (χ1) is 17.3. The summed E-state index contributed by atoms with van der Waals surface area (Å²) in [5, 5.41) is 6.46. The van der Waals surface area contributed by atoms with Crippen LogP contribution in [0.1, 0.15) is 60.3 Å². The van der Waals surface area contributed by atoms with Crippen LogP contribution in [0.25, 0.3) is 11.1 Å². The number of halogens is 3. The lowest BCUT2D eigenvalue weighted by Gasteiger charge is -2.25. The lowest BCUT2D eigenvalue weighted by atomic mass is 9.87. The number of piperidine rings is 1. The van der Waals surface area contributed by atoms with Gasteiger partial charge in [0.2, 0.25) is 5.91 Å². The summed E-state index contributed by atoms with van der Waals surface area (Å²) in [5.74, 6) is 0.585. The van der Waals surface area contributed by atoms with E-state index in [1.165, 1.54) is 23.3 Å². The van der Waals surface area contributed by atoms with Crippen molar-refractivity contribution < 1.29 is 18.0 Å². The van der Waals surface area contributed by atoms with E-state index in [1.54, 1.807) is 0 Å². The van der Waals surface area contributed by atoms with Gasteiger partial charge in [-0.25, -0.2) is 0 Å². The number of unbranched alkanes of at least 4 members (excludes halogenated alkanes) is 1. The fourth-order valence-corrected chi connectivity index (χ4v) is 4.84. The Morgan fingerprint density at radius 3 is 2.19 bits per heavy atom. The van der Waals surface area contributed by atoms with E-state index in [4.69, 9.17) is 0 Å². The van der Waals surface area contributed by atoms with Crippen LogP contribution in [0.15, 0.2) is 66.7 Å². The molecule has 0 radical (unpaired) electrons. The Hall–Kier alpha value is -3.12. The number of amides is 1. The third-order valence-corrected chi connectivity index (χ3v) is 6.96. The quantitative estimate of drug-likeness (QED) is 0.318. The molecule has 2 N–H and O–H groups in total. The van der Waals surface area contributed by atoms with Crippen molar-refractivity contribution in [1.29, 1.82) is 0 Å². The molecule has 36 heavy (non-hydrogen) atoms. The zero-order valence-electron chi connectivity index (χ0n) is 20.6. The maximum absolute atomic E-state index is 12.8. The molecule has 0 saturated carbocycles. The Morgan fingerprint density at radius 1 is 0.917 bits per heavy atom. The Kier molecular flexibility index (Phi) is 8.47. The second-order valence-corrected chi connectivity index (χ2v) is 9.62. The van der Waals surface area contributed by atoms with Crippen LogP contribution in [0.2, 0.25) is 0 Å². The van der Waals surface area contributed by atoms with Crippen LogP contribution in [0, 0.1) is 6.92 Å². The van der Waals surface area contributed by atoms with Crippen LogP contribution in [0.4, 0.5) is 18.9 Å². The molecule has 3 nitrogen and oxygen atoms in total. The summed E-state index contributed by atoms with van der Waals surface area (Å²) in [4.78, 5) is 12.5. The van der Waals surface area contributed by atoms with Crippen molar-refractivity contribution in [2.75, 3.05) is 18.4 Å². The van der Waals surface area contributed by atoms with Gasteiger partial charge in [-0.05, 0) is 110 Å². The van der Waals surface area contributed by atoms with Gasteiger partial charge >= 0.3 is 6.18 Å². The molecule has 190 valence electrons. The molecule has 0 aromatic heterocycles. The third kappa shape index (κ3) is 6.97. The highest BCUT2D eigenvalue weighted by atomic mass is 19.4. The molecule has 3 aromatic carbocycles. The summed E-state index contributed by atoms with van der Waals surface area (Å²) in [6.45, 7) is 4.22. The molecule has 1 fully saturated rings. The Labute approximate surface area is 211 Å². The number of alkyl halides is 3. The van der Waals surface area contributed by atoms with E-state index in [-0.39, 0.29) is 5.91 Å². The van der Waals surface area contributed by atoms with Gasteiger partial charge in [0.15, 0.2) is 0 Å². The van der Waals surface area contributed by atoms with E-state index in [0.717, 1.165) is 79.7 Å². The van der Waals surface area contributed by atoms with Gasteiger partial charge in [-0.3, -0.25) is 4.79 Å². The normalized spacial score (nSPS) is 14.6. The number of benzene rings is 3. The monoisotopic (exact) mass is 494 g/mol. The third-order valence-electron chi connectivity index (χ3n) is 6.96. The topological polar surface area (TPSA) is 41.1 Å². The molecule has 4 rings (SSSR count). The van der Waals surface area contributed by atoms with Crippen LogP contribution >= 0.6 is 0 Å². The number of carbonyl (C=O) groups is 1. The number of carbonyl (C=O) groups excluding carboxylic acids is 1. The van der Waals surface area contributed by atoms with Gasteiger partial charge in [-0.1, -0.05) is 42.5 Å². The predicted octanol–water partition coefficient (Wildman–Crippen LogP) is 7.50. The minimum absolute atomic E-state index is 0.0350. The maximum Gasteiger partial charge on any atom is 0.416 e. The van der Waals surface area contributed by atoms with Crippen molar-refractivity contribution in [3.8, 4) is 11.1 Å². The number of anilines is 1. The molecule has 1 saturated heterocycles. The molecule has 1 aliphatic rings. The molecule has 0 aliphatic carbocycles. The van der Waals surface area contributed by atoms with E-state index in [0.29, 0.717) is 12.3 Å². The minimum Gasteiger partial charge on any atom is -0.326 e. The SMILES string of the molecule is Cc1ccc(NC(=O)CCCCc2ccc(-c3ccc(C(F)(F)F)cc3)cc2)cc1C1CCNCC1. The van der Waals surface area contributed by atoms with Crippen molar-refractivity contribution >= 4 is 11.6 Å². The summed E-state index contributed by atoms with van der Waals surface area (Å²) in [7, 11) is 0. The van der Waals surface area contributed by atoms with Crippen LogP contribution in [-0.2, 0) is 17.4 Å². The lowest BCUT2D eigenvalue weighted by Crippen LogP contribution is -2.27. The summed E-state index contributed by atoms with van der Waals surface area (Å²) < 4.78 is 38.3. The zero-order chi connectivity index (χ0) is 25.5. The van der Waals surface area contributed by atoms with Crippen LogP contribution in [0.3, 0.4) is 0 Å². The molecule has 6 heteroatoms. The second kappa shape index (κ2) is 11.7. The molecule has 1 amide bonds. The molecular formula is C30H33F3N2O. The van der Waals surface area contributed by atoms with Gasteiger partial charge in [0.25, 0.3) is 0 Å².